The number of nitrogens with zero attached hydrogens (tertiary/aromatic N) is 3. The molecule has 2 heterocycles. The monoisotopic (exact) mass is 317 g/mol. The van der Waals surface area contributed by atoms with Crippen LogP contribution in [0.2, 0.25) is 0 Å². The van der Waals surface area contributed by atoms with Crippen LogP contribution in [-0.2, 0) is 7.05 Å². The molecule has 6 heteroatoms. The van der Waals surface area contributed by atoms with E-state index in [2.05, 4.69) is 20.5 Å². The minimum atomic E-state index is -0.137. The Bertz CT molecular complexity index is 1020. The van der Waals surface area contributed by atoms with Gasteiger partial charge in [-0.3, -0.25) is 9.89 Å². The first-order chi connectivity index (χ1) is 11.7. The number of hydrogen-bond acceptors (Lipinski definition) is 3. The van der Waals surface area contributed by atoms with E-state index in [0.717, 1.165) is 16.5 Å². The van der Waals surface area contributed by atoms with Gasteiger partial charge < -0.3 is 9.88 Å². The first kappa shape index (κ1) is 14.2. The van der Waals surface area contributed by atoms with Gasteiger partial charge in [0.05, 0.1) is 0 Å². The third kappa shape index (κ3) is 2.44. The molecule has 1 amide bonds. The van der Waals surface area contributed by atoms with Crippen LogP contribution < -0.4 is 5.32 Å². The number of anilines is 1. The maximum Gasteiger partial charge on any atom is 0.256 e. The highest BCUT2D eigenvalue weighted by Crippen LogP contribution is 2.22. The van der Waals surface area contributed by atoms with Gasteiger partial charge in [0, 0.05) is 41.0 Å². The van der Waals surface area contributed by atoms with Gasteiger partial charge in [0.1, 0.15) is 6.33 Å². The van der Waals surface area contributed by atoms with Crippen LogP contribution in [0.5, 0.6) is 0 Å². The van der Waals surface area contributed by atoms with Crippen molar-refractivity contribution in [2.24, 2.45) is 7.05 Å². The summed E-state index contributed by atoms with van der Waals surface area (Å²) in [5.74, 6) is 0.526. The van der Waals surface area contributed by atoms with Crippen molar-refractivity contribution in [2.75, 3.05) is 5.32 Å². The first-order valence-corrected chi connectivity index (χ1v) is 7.53. The summed E-state index contributed by atoms with van der Waals surface area (Å²) >= 11 is 0. The molecule has 4 rings (SSSR count). The molecule has 0 saturated carbocycles. The fourth-order valence-corrected chi connectivity index (χ4v) is 2.79. The zero-order valence-corrected chi connectivity index (χ0v) is 13.0. The van der Waals surface area contributed by atoms with Gasteiger partial charge in [-0.15, -0.1) is 0 Å². The Kier molecular flexibility index (Phi) is 3.35. The summed E-state index contributed by atoms with van der Waals surface area (Å²) in [6.45, 7) is 0. The van der Waals surface area contributed by atoms with Gasteiger partial charge in [-0.05, 0) is 30.3 Å². The van der Waals surface area contributed by atoms with Crippen molar-refractivity contribution in [2.45, 2.75) is 0 Å². The summed E-state index contributed by atoms with van der Waals surface area (Å²) in [4.78, 5) is 16.8. The predicted octanol–water partition coefficient (Wildman–Crippen LogP) is 3.22. The third-order valence-electron chi connectivity index (χ3n) is 3.98. The zero-order valence-electron chi connectivity index (χ0n) is 13.0. The number of nitrogens with one attached hydrogen (secondary N) is 2. The molecule has 0 saturated heterocycles. The molecule has 6 nitrogen and oxygen atoms in total. The topological polar surface area (TPSA) is 75.6 Å². The van der Waals surface area contributed by atoms with Gasteiger partial charge >= 0.3 is 0 Å². The number of carbonyl (C=O) groups is 1. The zero-order chi connectivity index (χ0) is 16.5. The molecule has 0 aliphatic rings. The van der Waals surface area contributed by atoms with Crippen molar-refractivity contribution in [3.05, 3.63) is 66.6 Å². The third-order valence-corrected chi connectivity index (χ3v) is 3.98. The van der Waals surface area contributed by atoms with Gasteiger partial charge in [0.2, 0.25) is 0 Å². The number of amides is 1. The maximum atomic E-state index is 12.7. The van der Waals surface area contributed by atoms with Crippen LogP contribution >= 0.6 is 0 Å². The average molecular weight is 317 g/mol. The molecular formula is C18H15N5O. The lowest BCUT2D eigenvalue weighted by Gasteiger charge is -2.08. The van der Waals surface area contributed by atoms with E-state index in [1.165, 1.54) is 6.33 Å². The van der Waals surface area contributed by atoms with E-state index in [1.807, 2.05) is 66.3 Å². The molecule has 0 atom stereocenters. The van der Waals surface area contributed by atoms with E-state index in [1.54, 1.807) is 0 Å². The largest absolute Gasteiger partial charge is 0.351 e. The standard InChI is InChI=1S/C18H15N5O/c1-23-9-8-14-15(6-3-7-16(14)23)18(24)21-13-5-2-4-12(10-13)17-19-11-20-22-17/h2-11H,1H3,(H,21,24)(H,19,20,22). The van der Waals surface area contributed by atoms with Crippen LogP contribution in [0.25, 0.3) is 22.3 Å². The highest BCUT2D eigenvalue weighted by atomic mass is 16.1. The summed E-state index contributed by atoms with van der Waals surface area (Å²) < 4.78 is 2.00. The van der Waals surface area contributed by atoms with Gasteiger partial charge in [0.25, 0.3) is 5.91 Å². The molecule has 0 fully saturated rings. The number of fused-ring (bicyclic) bond motifs is 1. The lowest BCUT2D eigenvalue weighted by atomic mass is 10.1. The van der Waals surface area contributed by atoms with Crippen molar-refractivity contribution in [3.63, 3.8) is 0 Å². The number of aryl methyl sites for hydroxylation is 1. The Balaban J connectivity index is 1.65. The van der Waals surface area contributed by atoms with E-state index >= 15 is 0 Å². The SMILES string of the molecule is Cn1ccc2c(C(=O)Nc3cccc(-c4ncn[nH]4)c3)cccc21. The van der Waals surface area contributed by atoms with E-state index in [4.69, 9.17) is 0 Å². The van der Waals surface area contributed by atoms with Crippen molar-refractivity contribution in [3.8, 4) is 11.4 Å². The Labute approximate surface area is 138 Å². The smallest absolute Gasteiger partial charge is 0.256 e. The van der Waals surface area contributed by atoms with Crippen LogP contribution in [0.4, 0.5) is 5.69 Å². The Morgan fingerprint density at radius 3 is 2.88 bits per heavy atom. The van der Waals surface area contributed by atoms with E-state index in [0.29, 0.717) is 17.1 Å². The Morgan fingerprint density at radius 1 is 1.17 bits per heavy atom. The van der Waals surface area contributed by atoms with Crippen LogP contribution in [0.15, 0.2) is 61.1 Å². The van der Waals surface area contributed by atoms with E-state index < -0.39 is 0 Å². The molecule has 0 aliphatic carbocycles. The molecule has 0 radical (unpaired) electrons. The number of aromatic nitrogens is 4. The average Bonchev–Trinajstić information content (AvgIpc) is 3.25. The molecule has 2 aromatic carbocycles. The van der Waals surface area contributed by atoms with Gasteiger partial charge in [-0.1, -0.05) is 18.2 Å². The number of hydrogen-bond donors (Lipinski definition) is 2. The molecule has 2 aromatic heterocycles. The molecule has 0 unspecified atom stereocenters. The Hall–Kier alpha value is -3.41. The second-order valence-electron chi connectivity index (χ2n) is 5.53. The fraction of sp³-hybridized carbons (Fsp3) is 0.0556. The van der Waals surface area contributed by atoms with Crippen molar-refractivity contribution in [1.29, 1.82) is 0 Å². The minimum Gasteiger partial charge on any atom is -0.351 e. The predicted molar refractivity (Wildman–Crippen MR) is 92.7 cm³/mol. The molecule has 0 bridgehead atoms. The molecule has 24 heavy (non-hydrogen) atoms. The van der Waals surface area contributed by atoms with Crippen molar-refractivity contribution >= 4 is 22.5 Å². The van der Waals surface area contributed by atoms with Gasteiger partial charge in [-0.25, -0.2) is 4.98 Å². The quantitative estimate of drug-likeness (QED) is 0.609. The fourth-order valence-electron chi connectivity index (χ4n) is 2.79. The maximum absolute atomic E-state index is 12.7. The lowest BCUT2D eigenvalue weighted by Crippen LogP contribution is -2.12. The highest BCUT2D eigenvalue weighted by molar-refractivity contribution is 6.12. The number of aromatic amines is 1. The second kappa shape index (κ2) is 5.66. The molecule has 4 aromatic rings. The summed E-state index contributed by atoms with van der Waals surface area (Å²) in [5, 5.41) is 10.5. The van der Waals surface area contributed by atoms with Crippen LogP contribution in [0.1, 0.15) is 10.4 Å². The summed E-state index contributed by atoms with van der Waals surface area (Å²) in [6.07, 6.45) is 3.41. The normalized spacial score (nSPS) is 10.9. The second-order valence-corrected chi connectivity index (χ2v) is 5.53. The van der Waals surface area contributed by atoms with E-state index in [-0.39, 0.29) is 5.91 Å². The van der Waals surface area contributed by atoms with Crippen LogP contribution in [0.3, 0.4) is 0 Å². The summed E-state index contributed by atoms with van der Waals surface area (Å²) in [5.41, 5.74) is 3.25. The molecule has 0 aliphatic heterocycles. The summed E-state index contributed by atoms with van der Waals surface area (Å²) in [7, 11) is 1.96. The number of carbonyl (C=O) groups excluding carboxylic acids is 1. The number of rotatable bonds is 3. The molecular weight excluding hydrogens is 302 g/mol. The minimum absolute atomic E-state index is 0.137. The van der Waals surface area contributed by atoms with Crippen LogP contribution in [0, 0.1) is 0 Å². The van der Waals surface area contributed by atoms with Gasteiger partial charge in [-0.2, -0.15) is 5.10 Å². The lowest BCUT2D eigenvalue weighted by molar-refractivity contribution is 0.102. The van der Waals surface area contributed by atoms with Gasteiger partial charge in [0.15, 0.2) is 5.82 Å². The van der Waals surface area contributed by atoms with Crippen molar-refractivity contribution < 1.29 is 4.79 Å². The van der Waals surface area contributed by atoms with Crippen LogP contribution in [-0.4, -0.2) is 25.7 Å². The van der Waals surface area contributed by atoms with E-state index in [9.17, 15) is 4.79 Å². The molecule has 0 spiro atoms. The number of benzene rings is 2. The number of H-pyrrole nitrogens is 1. The first-order valence-electron chi connectivity index (χ1n) is 7.53. The highest BCUT2D eigenvalue weighted by Gasteiger charge is 2.12. The molecule has 2 N–H and O–H groups in total. The van der Waals surface area contributed by atoms with Crippen molar-refractivity contribution in [1.82, 2.24) is 19.7 Å². The Morgan fingerprint density at radius 2 is 2.04 bits per heavy atom. The summed E-state index contributed by atoms with van der Waals surface area (Å²) in [6, 6.07) is 15.2. The molecule has 118 valence electrons.